The van der Waals surface area contributed by atoms with Crippen molar-refractivity contribution in [1.29, 1.82) is 0 Å². The average Bonchev–Trinajstić information content (AvgIpc) is 2.63. The van der Waals surface area contributed by atoms with Gasteiger partial charge in [0.05, 0.1) is 17.6 Å². The lowest BCUT2D eigenvalue weighted by molar-refractivity contribution is 0.0940. The van der Waals surface area contributed by atoms with Crippen LogP contribution in [0.1, 0.15) is 41.8 Å². The molecule has 1 aromatic heterocycles. The van der Waals surface area contributed by atoms with Crippen LogP contribution in [-0.4, -0.2) is 16.5 Å². The molecule has 2 aromatic carbocycles. The van der Waals surface area contributed by atoms with Gasteiger partial charge in [-0.15, -0.1) is 0 Å². The first-order chi connectivity index (χ1) is 12.5. The molecule has 1 N–H and O–H groups in total. The van der Waals surface area contributed by atoms with Crippen molar-refractivity contribution in [3.63, 3.8) is 0 Å². The van der Waals surface area contributed by atoms with Crippen LogP contribution in [0.4, 0.5) is 0 Å². The Bertz CT molecular complexity index is 1000. The molecule has 1 heterocycles. The number of carbonyl (C=O) groups excluding carboxylic acids is 1. The number of aryl methyl sites for hydroxylation is 1. The number of benzene rings is 2. The molecular formula is C22H24N2O2. The Labute approximate surface area is 153 Å². The summed E-state index contributed by atoms with van der Waals surface area (Å²) in [6.45, 7) is 6.49. The highest BCUT2D eigenvalue weighted by atomic mass is 16.2. The zero-order valence-electron chi connectivity index (χ0n) is 15.5. The fourth-order valence-corrected chi connectivity index (χ4v) is 3.08. The van der Waals surface area contributed by atoms with Gasteiger partial charge in [-0.3, -0.25) is 9.59 Å². The number of carbonyl (C=O) groups is 1. The minimum absolute atomic E-state index is 0.0657. The number of amides is 1. The van der Waals surface area contributed by atoms with E-state index in [2.05, 4.69) is 11.4 Å². The highest BCUT2D eigenvalue weighted by Crippen LogP contribution is 2.18. The van der Waals surface area contributed by atoms with Crippen LogP contribution in [0.3, 0.4) is 0 Å². The molecule has 1 atom stereocenters. The molecule has 4 heteroatoms. The number of aromatic nitrogens is 1. The van der Waals surface area contributed by atoms with Gasteiger partial charge in [-0.25, -0.2) is 0 Å². The van der Waals surface area contributed by atoms with Gasteiger partial charge in [0.1, 0.15) is 0 Å². The third-order valence-corrected chi connectivity index (χ3v) is 4.68. The smallest absolute Gasteiger partial charge is 0.252 e. The lowest BCUT2D eigenvalue weighted by atomic mass is 10.1. The van der Waals surface area contributed by atoms with Crippen LogP contribution in [0.2, 0.25) is 0 Å². The summed E-state index contributed by atoms with van der Waals surface area (Å²) in [6, 6.07) is 17.2. The van der Waals surface area contributed by atoms with Gasteiger partial charge < -0.3 is 9.88 Å². The van der Waals surface area contributed by atoms with E-state index < -0.39 is 0 Å². The van der Waals surface area contributed by atoms with Crippen LogP contribution in [0.5, 0.6) is 0 Å². The number of fused-ring (bicyclic) bond motifs is 1. The zero-order chi connectivity index (χ0) is 18.7. The van der Waals surface area contributed by atoms with E-state index in [1.54, 1.807) is 4.57 Å². The maximum Gasteiger partial charge on any atom is 0.252 e. The monoisotopic (exact) mass is 348 g/mol. The van der Waals surface area contributed by atoms with Crippen molar-refractivity contribution in [3.8, 4) is 0 Å². The molecule has 0 aliphatic heterocycles. The molecule has 26 heavy (non-hydrogen) atoms. The summed E-state index contributed by atoms with van der Waals surface area (Å²) in [5, 5.41) is 3.75. The topological polar surface area (TPSA) is 51.1 Å². The second-order valence-electron chi connectivity index (χ2n) is 6.77. The number of rotatable bonds is 5. The van der Waals surface area contributed by atoms with Gasteiger partial charge in [-0.05, 0) is 31.9 Å². The molecule has 3 aromatic rings. The zero-order valence-corrected chi connectivity index (χ0v) is 15.5. The number of para-hydroxylation sites is 1. The van der Waals surface area contributed by atoms with Crippen LogP contribution in [0, 0.1) is 6.92 Å². The van der Waals surface area contributed by atoms with Crippen molar-refractivity contribution >= 4 is 16.8 Å². The van der Waals surface area contributed by atoms with E-state index >= 15 is 0 Å². The van der Waals surface area contributed by atoms with E-state index in [1.807, 2.05) is 63.2 Å². The molecule has 0 unspecified atom stereocenters. The number of pyridine rings is 1. The molecule has 0 saturated carbocycles. The van der Waals surface area contributed by atoms with Crippen molar-refractivity contribution in [2.24, 2.45) is 0 Å². The van der Waals surface area contributed by atoms with Gasteiger partial charge in [0, 0.05) is 17.5 Å². The van der Waals surface area contributed by atoms with E-state index in [1.165, 1.54) is 6.07 Å². The summed E-state index contributed by atoms with van der Waals surface area (Å²) >= 11 is 0. The second kappa shape index (κ2) is 7.56. The van der Waals surface area contributed by atoms with Crippen LogP contribution < -0.4 is 10.9 Å². The highest BCUT2D eigenvalue weighted by molar-refractivity contribution is 6.06. The van der Waals surface area contributed by atoms with Crippen LogP contribution in [0.15, 0.2) is 59.4 Å². The fraction of sp³-hybridized carbons (Fsp3) is 0.273. The third kappa shape index (κ3) is 3.69. The number of nitrogens with one attached hydrogen (secondary N) is 1. The summed E-state index contributed by atoms with van der Waals surface area (Å²) in [7, 11) is 0. The Morgan fingerprint density at radius 2 is 1.88 bits per heavy atom. The van der Waals surface area contributed by atoms with E-state index in [9.17, 15) is 9.59 Å². The standard InChI is InChI=1S/C22H24N2O2/c1-4-16(3)23-22(26)19-13-21(25)24(20-11-6-5-10-18(19)20)14-17-9-7-8-15(2)12-17/h5-13,16H,4,14H2,1-3H3,(H,23,26)/t16-/m0/s1. The quantitative estimate of drug-likeness (QED) is 0.760. The van der Waals surface area contributed by atoms with E-state index in [0.29, 0.717) is 12.1 Å². The minimum Gasteiger partial charge on any atom is -0.350 e. The summed E-state index contributed by atoms with van der Waals surface area (Å²) < 4.78 is 1.73. The van der Waals surface area contributed by atoms with E-state index in [-0.39, 0.29) is 17.5 Å². The Kier molecular flexibility index (Phi) is 5.21. The van der Waals surface area contributed by atoms with Gasteiger partial charge in [0.15, 0.2) is 0 Å². The minimum atomic E-state index is -0.199. The molecule has 0 aliphatic carbocycles. The van der Waals surface area contributed by atoms with E-state index in [0.717, 1.165) is 28.5 Å². The number of hydrogen-bond acceptors (Lipinski definition) is 2. The second-order valence-corrected chi connectivity index (χ2v) is 6.77. The summed E-state index contributed by atoms with van der Waals surface area (Å²) in [5.41, 5.74) is 3.26. The van der Waals surface area contributed by atoms with Gasteiger partial charge in [-0.2, -0.15) is 0 Å². The first-order valence-corrected chi connectivity index (χ1v) is 8.98. The lowest BCUT2D eigenvalue weighted by Gasteiger charge is -2.16. The molecule has 0 radical (unpaired) electrons. The maximum absolute atomic E-state index is 12.8. The van der Waals surface area contributed by atoms with Crippen LogP contribution in [0.25, 0.3) is 10.9 Å². The molecule has 0 aliphatic rings. The first-order valence-electron chi connectivity index (χ1n) is 8.98. The van der Waals surface area contributed by atoms with Crippen molar-refractivity contribution in [2.45, 2.75) is 39.8 Å². The lowest BCUT2D eigenvalue weighted by Crippen LogP contribution is -2.33. The Balaban J connectivity index is 2.09. The predicted octanol–water partition coefficient (Wildman–Crippen LogP) is 3.89. The normalized spacial score (nSPS) is 12.1. The van der Waals surface area contributed by atoms with Gasteiger partial charge in [-0.1, -0.05) is 55.0 Å². The fourth-order valence-electron chi connectivity index (χ4n) is 3.08. The molecule has 1 amide bonds. The Morgan fingerprint density at radius 3 is 2.62 bits per heavy atom. The molecule has 0 spiro atoms. The number of nitrogens with zero attached hydrogens (tertiary/aromatic N) is 1. The van der Waals surface area contributed by atoms with Crippen molar-refractivity contribution < 1.29 is 4.79 Å². The van der Waals surface area contributed by atoms with Gasteiger partial charge in [0.2, 0.25) is 0 Å². The van der Waals surface area contributed by atoms with Gasteiger partial charge in [0.25, 0.3) is 11.5 Å². The van der Waals surface area contributed by atoms with Crippen molar-refractivity contribution in [1.82, 2.24) is 9.88 Å². The predicted molar refractivity (Wildman–Crippen MR) is 106 cm³/mol. The molecule has 0 saturated heterocycles. The van der Waals surface area contributed by atoms with Crippen LogP contribution >= 0.6 is 0 Å². The molecule has 4 nitrogen and oxygen atoms in total. The summed E-state index contributed by atoms with van der Waals surface area (Å²) in [5.74, 6) is -0.199. The molecule has 3 rings (SSSR count). The number of hydrogen-bond donors (Lipinski definition) is 1. The molecule has 0 bridgehead atoms. The first kappa shape index (κ1) is 17.9. The SMILES string of the molecule is CC[C@H](C)NC(=O)c1cc(=O)n(Cc2cccc(C)c2)c2ccccc12. The van der Waals surface area contributed by atoms with Gasteiger partial charge >= 0.3 is 0 Å². The summed E-state index contributed by atoms with van der Waals surface area (Å²) in [4.78, 5) is 25.4. The molecular weight excluding hydrogens is 324 g/mol. The highest BCUT2D eigenvalue weighted by Gasteiger charge is 2.16. The third-order valence-electron chi connectivity index (χ3n) is 4.68. The Morgan fingerprint density at radius 1 is 1.12 bits per heavy atom. The Hall–Kier alpha value is -2.88. The van der Waals surface area contributed by atoms with E-state index in [4.69, 9.17) is 0 Å². The maximum atomic E-state index is 12.8. The molecule has 0 fully saturated rings. The average molecular weight is 348 g/mol. The van der Waals surface area contributed by atoms with Crippen molar-refractivity contribution in [3.05, 3.63) is 81.6 Å². The largest absolute Gasteiger partial charge is 0.350 e. The van der Waals surface area contributed by atoms with Crippen molar-refractivity contribution in [2.75, 3.05) is 0 Å². The molecule has 134 valence electrons. The summed E-state index contributed by atoms with van der Waals surface area (Å²) in [6.07, 6.45) is 0.841. The van der Waals surface area contributed by atoms with Crippen LogP contribution in [-0.2, 0) is 6.54 Å².